The summed E-state index contributed by atoms with van der Waals surface area (Å²) in [7, 11) is 0. The summed E-state index contributed by atoms with van der Waals surface area (Å²) in [6.45, 7) is 1.50. The number of hydrogen-bond donors (Lipinski definition) is 2. The van der Waals surface area contributed by atoms with E-state index in [1.54, 1.807) is 22.0 Å². The number of benzene rings is 1. The molecular weight excluding hydrogens is 380 g/mol. The van der Waals surface area contributed by atoms with Gasteiger partial charge in [0.05, 0.1) is 0 Å². The van der Waals surface area contributed by atoms with E-state index in [0.717, 1.165) is 11.3 Å². The van der Waals surface area contributed by atoms with Gasteiger partial charge < -0.3 is 15.5 Å². The van der Waals surface area contributed by atoms with Gasteiger partial charge in [-0.15, -0.1) is 0 Å². The van der Waals surface area contributed by atoms with Gasteiger partial charge in [-0.05, 0) is 37.1 Å². The van der Waals surface area contributed by atoms with Crippen molar-refractivity contribution >= 4 is 17.6 Å². The highest BCUT2D eigenvalue weighted by Crippen LogP contribution is 2.19. The number of urea groups is 1. The van der Waals surface area contributed by atoms with Crippen molar-refractivity contribution in [2.75, 3.05) is 18.4 Å². The van der Waals surface area contributed by atoms with E-state index < -0.39 is 0 Å². The lowest BCUT2D eigenvalue weighted by Crippen LogP contribution is -2.44. The summed E-state index contributed by atoms with van der Waals surface area (Å²) < 4.78 is 1.69. The predicted molar refractivity (Wildman–Crippen MR) is 113 cm³/mol. The summed E-state index contributed by atoms with van der Waals surface area (Å²) in [6.07, 6.45) is 6.52. The fourth-order valence-electron chi connectivity index (χ4n) is 3.56. The normalized spacial score (nSPS) is 14.3. The summed E-state index contributed by atoms with van der Waals surface area (Å²) >= 11 is 0. The molecule has 8 nitrogen and oxygen atoms in total. The molecule has 2 N–H and O–H groups in total. The van der Waals surface area contributed by atoms with Gasteiger partial charge in [0.2, 0.25) is 5.91 Å². The number of amides is 3. The van der Waals surface area contributed by atoms with Crippen LogP contribution >= 0.6 is 0 Å². The Morgan fingerprint density at radius 2 is 1.80 bits per heavy atom. The Labute approximate surface area is 174 Å². The predicted octanol–water partition coefficient (Wildman–Crippen LogP) is 2.83. The van der Waals surface area contributed by atoms with Gasteiger partial charge in [0.1, 0.15) is 0 Å². The van der Waals surface area contributed by atoms with Crippen LogP contribution in [0.25, 0.3) is 5.82 Å². The summed E-state index contributed by atoms with van der Waals surface area (Å²) in [5, 5.41) is 10.1. The van der Waals surface area contributed by atoms with Gasteiger partial charge in [0.15, 0.2) is 5.82 Å². The Morgan fingerprint density at radius 3 is 2.53 bits per heavy atom. The van der Waals surface area contributed by atoms with Gasteiger partial charge in [0, 0.05) is 55.4 Å². The van der Waals surface area contributed by atoms with Gasteiger partial charge in [-0.25, -0.2) is 14.5 Å². The standard InChI is InChI=1S/C22H24N6O2/c29-21(24-16-18-6-4-11-23-20(18)28-13-5-12-25-28)17-9-14-27(15-10-17)22(30)26-19-7-2-1-3-8-19/h1-8,11-13,17H,9-10,14-16H2,(H,24,29)(H,26,30). The molecule has 1 aliphatic rings. The van der Waals surface area contributed by atoms with E-state index in [9.17, 15) is 9.59 Å². The van der Waals surface area contributed by atoms with E-state index in [4.69, 9.17) is 0 Å². The quantitative estimate of drug-likeness (QED) is 0.684. The van der Waals surface area contributed by atoms with Crippen LogP contribution in [0, 0.1) is 5.92 Å². The summed E-state index contributed by atoms with van der Waals surface area (Å²) in [6, 6.07) is 14.9. The third kappa shape index (κ3) is 4.65. The Balaban J connectivity index is 1.28. The third-order valence-corrected chi connectivity index (χ3v) is 5.22. The third-order valence-electron chi connectivity index (χ3n) is 5.22. The second kappa shape index (κ2) is 9.21. The summed E-state index contributed by atoms with van der Waals surface area (Å²) in [5.74, 6) is 0.610. The fourth-order valence-corrected chi connectivity index (χ4v) is 3.56. The number of aromatic nitrogens is 3. The molecule has 0 aliphatic carbocycles. The fraction of sp³-hybridized carbons (Fsp3) is 0.273. The van der Waals surface area contributed by atoms with Gasteiger partial charge in [-0.2, -0.15) is 5.10 Å². The zero-order chi connectivity index (χ0) is 20.8. The lowest BCUT2D eigenvalue weighted by Gasteiger charge is -2.31. The smallest absolute Gasteiger partial charge is 0.321 e. The molecule has 2 aromatic heterocycles. The molecule has 4 rings (SSSR count). The largest absolute Gasteiger partial charge is 0.352 e. The van der Waals surface area contributed by atoms with Crippen molar-refractivity contribution in [2.24, 2.45) is 5.92 Å². The molecule has 3 amide bonds. The van der Waals surface area contributed by atoms with Crippen LogP contribution in [0.3, 0.4) is 0 Å². The Hall–Kier alpha value is -3.68. The Kier molecular flexibility index (Phi) is 6.03. The van der Waals surface area contributed by atoms with Crippen molar-refractivity contribution < 1.29 is 9.59 Å². The maximum atomic E-state index is 12.7. The number of piperidine rings is 1. The lowest BCUT2D eigenvalue weighted by atomic mass is 9.96. The van der Waals surface area contributed by atoms with E-state index in [0.29, 0.717) is 38.3 Å². The highest BCUT2D eigenvalue weighted by atomic mass is 16.2. The first kappa shape index (κ1) is 19.6. The Morgan fingerprint density at radius 1 is 1.00 bits per heavy atom. The molecule has 0 spiro atoms. The topological polar surface area (TPSA) is 92.2 Å². The molecule has 0 atom stereocenters. The molecule has 3 heterocycles. The number of pyridine rings is 1. The zero-order valence-electron chi connectivity index (χ0n) is 16.6. The highest BCUT2D eigenvalue weighted by molar-refractivity contribution is 5.89. The summed E-state index contributed by atoms with van der Waals surface area (Å²) in [4.78, 5) is 31.2. The lowest BCUT2D eigenvalue weighted by molar-refractivity contribution is -0.126. The molecule has 154 valence electrons. The minimum absolute atomic E-state index is 0.00776. The number of carbonyl (C=O) groups is 2. The number of para-hydroxylation sites is 1. The van der Waals surface area contributed by atoms with Crippen molar-refractivity contribution in [1.29, 1.82) is 0 Å². The molecule has 8 heteroatoms. The number of likely N-dealkylation sites (tertiary alicyclic amines) is 1. The average molecular weight is 404 g/mol. The van der Waals surface area contributed by atoms with Gasteiger partial charge in [-0.3, -0.25) is 4.79 Å². The van der Waals surface area contributed by atoms with E-state index in [1.807, 2.05) is 54.7 Å². The maximum absolute atomic E-state index is 12.7. The number of anilines is 1. The number of carbonyl (C=O) groups excluding carboxylic acids is 2. The molecule has 1 fully saturated rings. The van der Waals surface area contributed by atoms with Crippen molar-refractivity contribution in [3.05, 3.63) is 72.7 Å². The van der Waals surface area contributed by atoms with Gasteiger partial charge in [-0.1, -0.05) is 24.3 Å². The number of nitrogens with one attached hydrogen (secondary N) is 2. The highest BCUT2D eigenvalue weighted by Gasteiger charge is 2.27. The van der Waals surface area contributed by atoms with Crippen LogP contribution in [0.5, 0.6) is 0 Å². The SMILES string of the molecule is O=C(NCc1cccnc1-n1cccn1)C1CCN(C(=O)Nc2ccccc2)CC1. The first-order valence-corrected chi connectivity index (χ1v) is 10.0. The molecule has 0 saturated carbocycles. The van der Waals surface area contributed by atoms with E-state index in [2.05, 4.69) is 20.7 Å². The first-order chi connectivity index (χ1) is 14.7. The maximum Gasteiger partial charge on any atom is 0.321 e. The molecule has 1 aliphatic heterocycles. The van der Waals surface area contributed by atoms with Crippen LogP contribution in [0.4, 0.5) is 10.5 Å². The number of hydrogen-bond acceptors (Lipinski definition) is 4. The van der Waals surface area contributed by atoms with Crippen molar-refractivity contribution in [2.45, 2.75) is 19.4 Å². The molecular formula is C22H24N6O2. The van der Waals surface area contributed by atoms with Crippen molar-refractivity contribution in [1.82, 2.24) is 25.0 Å². The zero-order valence-corrected chi connectivity index (χ0v) is 16.6. The molecule has 1 aromatic carbocycles. The molecule has 0 unspecified atom stereocenters. The van der Waals surface area contributed by atoms with Crippen LogP contribution < -0.4 is 10.6 Å². The molecule has 0 bridgehead atoms. The van der Waals surface area contributed by atoms with E-state index in [1.165, 1.54) is 0 Å². The van der Waals surface area contributed by atoms with Gasteiger partial charge >= 0.3 is 6.03 Å². The second-order valence-electron chi connectivity index (χ2n) is 7.21. The monoisotopic (exact) mass is 404 g/mol. The van der Waals surface area contributed by atoms with Crippen LogP contribution in [0.15, 0.2) is 67.1 Å². The van der Waals surface area contributed by atoms with Crippen molar-refractivity contribution in [3.63, 3.8) is 0 Å². The first-order valence-electron chi connectivity index (χ1n) is 10.0. The van der Waals surface area contributed by atoms with Crippen molar-refractivity contribution in [3.8, 4) is 5.82 Å². The Bertz CT molecular complexity index is 982. The van der Waals surface area contributed by atoms with E-state index in [-0.39, 0.29) is 17.9 Å². The molecule has 3 aromatic rings. The molecule has 30 heavy (non-hydrogen) atoms. The number of rotatable bonds is 5. The van der Waals surface area contributed by atoms with Crippen LogP contribution in [0.1, 0.15) is 18.4 Å². The summed E-state index contributed by atoms with van der Waals surface area (Å²) in [5.41, 5.74) is 1.67. The second-order valence-corrected chi connectivity index (χ2v) is 7.21. The number of nitrogens with zero attached hydrogens (tertiary/aromatic N) is 4. The minimum Gasteiger partial charge on any atom is -0.352 e. The van der Waals surface area contributed by atoms with Gasteiger partial charge in [0.25, 0.3) is 0 Å². The molecule has 1 saturated heterocycles. The minimum atomic E-state index is -0.126. The average Bonchev–Trinajstić information content (AvgIpc) is 3.33. The van der Waals surface area contributed by atoms with Crippen LogP contribution in [0.2, 0.25) is 0 Å². The van der Waals surface area contributed by atoms with E-state index >= 15 is 0 Å². The van der Waals surface area contributed by atoms with Crippen LogP contribution in [-0.2, 0) is 11.3 Å². The van der Waals surface area contributed by atoms with Crippen LogP contribution in [-0.4, -0.2) is 44.7 Å². The molecule has 0 radical (unpaired) electrons.